The molecule has 2 rings (SSSR count). The topological polar surface area (TPSA) is 101 Å². The second-order valence-electron chi connectivity index (χ2n) is 4.42. The average Bonchev–Trinajstić information content (AvgIpc) is 2.34. The molecule has 1 saturated heterocycles. The van der Waals surface area contributed by atoms with E-state index in [1.807, 2.05) is 5.01 Å². The van der Waals surface area contributed by atoms with Gasteiger partial charge in [0.1, 0.15) is 5.82 Å². The van der Waals surface area contributed by atoms with Crippen molar-refractivity contribution < 1.29 is 4.79 Å². The van der Waals surface area contributed by atoms with Crippen molar-refractivity contribution in [2.45, 2.75) is 0 Å². The minimum atomic E-state index is -0.513. The van der Waals surface area contributed by atoms with Crippen molar-refractivity contribution in [1.29, 1.82) is 0 Å². The highest BCUT2D eigenvalue weighted by Gasteiger charge is 2.16. The van der Waals surface area contributed by atoms with Crippen molar-refractivity contribution in [3.63, 3.8) is 0 Å². The molecule has 18 heavy (non-hydrogen) atoms. The van der Waals surface area contributed by atoms with Crippen LogP contribution in [0.1, 0.15) is 10.4 Å². The number of nitrogen functional groups attached to an aromatic ring is 1. The Morgan fingerprint density at radius 1 is 1.39 bits per heavy atom. The molecule has 2 heterocycles. The van der Waals surface area contributed by atoms with Crippen molar-refractivity contribution in [2.24, 2.45) is 5.73 Å². The summed E-state index contributed by atoms with van der Waals surface area (Å²) in [5.41, 5.74) is 15.0. The van der Waals surface area contributed by atoms with Gasteiger partial charge in [-0.1, -0.05) is 0 Å². The van der Waals surface area contributed by atoms with Gasteiger partial charge in [0, 0.05) is 26.2 Å². The van der Waals surface area contributed by atoms with E-state index in [9.17, 15) is 4.79 Å². The normalized spacial score (nSPS) is 17.6. The van der Waals surface area contributed by atoms with E-state index < -0.39 is 5.91 Å². The molecule has 5 N–H and O–H groups in total. The molecule has 7 nitrogen and oxygen atoms in total. The Hall–Kier alpha value is -1.86. The summed E-state index contributed by atoms with van der Waals surface area (Å²) in [5, 5.41) is 2.04. The molecule has 0 aromatic carbocycles. The Kier molecular flexibility index (Phi) is 3.63. The summed E-state index contributed by atoms with van der Waals surface area (Å²) in [6.45, 7) is 3.70. The molecule has 0 aliphatic carbocycles. The zero-order valence-electron chi connectivity index (χ0n) is 10.4. The minimum Gasteiger partial charge on any atom is -0.384 e. The standard InChI is InChI=1S/C11H18N6O/c1-16-2-4-17(5-3-16)15-9-7-14-10(12)6-8(9)11(13)18/h6-7,15H,2-5H2,1H3,(H2,12,14)(H2,13,18). The van der Waals surface area contributed by atoms with Crippen LogP contribution in [0.3, 0.4) is 0 Å². The number of primary amides is 1. The van der Waals surface area contributed by atoms with Gasteiger partial charge in [0.25, 0.3) is 5.91 Å². The Morgan fingerprint density at radius 2 is 2.06 bits per heavy atom. The summed E-state index contributed by atoms with van der Waals surface area (Å²) in [6.07, 6.45) is 1.54. The molecule has 0 saturated carbocycles. The first-order valence-corrected chi connectivity index (χ1v) is 5.82. The third kappa shape index (κ3) is 2.88. The van der Waals surface area contributed by atoms with Gasteiger partial charge in [0.15, 0.2) is 0 Å². The first kappa shape index (κ1) is 12.6. The van der Waals surface area contributed by atoms with Crippen LogP contribution in [0, 0.1) is 0 Å². The van der Waals surface area contributed by atoms with Crippen molar-refractivity contribution in [1.82, 2.24) is 14.9 Å². The summed E-state index contributed by atoms with van der Waals surface area (Å²) < 4.78 is 0. The fourth-order valence-electron chi connectivity index (χ4n) is 1.85. The number of nitrogens with zero attached hydrogens (tertiary/aromatic N) is 3. The van der Waals surface area contributed by atoms with Gasteiger partial charge in [-0.15, -0.1) is 0 Å². The maximum absolute atomic E-state index is 11.3. The lowest BCUT2D eigenvalue weighted by molar-refractivity contribution is 0.1000. The van der Waals surface area contributed by atoms with Crippen LogP contribution in [0.4, 0.5) is 11.5 Å². The molecule has 1 aromatic heterocycles. The third-order valence-electron chi connectivity index (χ3n) is 2.97. The maximum Gasteiger partial charge on any atom is 0.251 e. The lowest BCUT2D eigenvalue weighted by Gasteiger charge is -2.33. The minimum absolute atomic E-state index is 0.285. The van der Waals surface area contributed by atoms with Gasteiger partial charge in [-0.05, 0) is 13.1 Å². The van der Waals surface area contributed by atoms with Crippen molar-refractivity contribution in [3.8, 4) is 0 Å². The van der Waals surface area contributed by atoms with Crippen LogP contribution < -0.4 is 16.9 Å². The van der Waals surface area contributed by atoms with Crippen LogP contribution in [0.2, 0.25) is 0 Å². The molecule has 1 fully saturated rings. The number of anilines is 2. The Labute approximate surface area is 106 Å². The third-order valence-corrected chi connectivity index (χ3v) is 2.97. The maximum atomic E-state index is 11.3. The van der Waals surface area contributed by atoms with Gasteiger partial charge in [-0.3, -0.25) is 4.79 Å². The molecule has 0 spiro atoms. The summed E-state index contributed by atoms with van der Waals surface area (Å²) in [7, 11) is 2.08. The van der Waals surface area contributed by atoms with E-state index in [1.54, 1.807) is 0 Å². The molecule has 1 aliphatic heterocycles. The molecule has 1 aromatic rings. The number of likely N-dealkylation sites (N-methyl/N-ethyl adjacent to an activating group) is 1. The van der Waals surface area contributed by atoms with E-state index in [0.717, 1.165) is 26.2 Å². The first-order chi connectivity index (χ1) is 8.56. The Morgan fingerprint density at radius 3 is 2.67 bits per heavy atom. The highest BCUT2D eigenvalue weighted by molar-refractivity contribution is 5.98. The van der Waals surface area contributed by atoms with Gasteiger partial charge >= 0.3 is 0 Å². The lowest BCUT2D eigenvalue weighted by Crippen LogP contribution is -2.47. The predicted molar refractivity (Wildman–Crippen MR) is 69.9 cm³/mol. The molecular formula is C11H18N6O. The lowest BCUT2D eigenvalue weighted by atomic mass is 10.2. The number of carbonyl (C=O) groups is 1. The van der Waals surface area contributed by atoms with Gasteiger partial charge in [0.05, 0.1) is 17.4 Å². The fraction of sp³-hybridized carbons (Fsp3) is 0.455. The SMILES string of the molecule is CN1CCN(Nc2cnc(N)cc2C(N)=O)CC1. The van der Waals surface area contributed by atoms with E-state index in [1.165, 1.54) is 12.3 Å². The van der Waals surface area contributed by atoms with Gasteiger partial charge in [-0.25, -0.2) is 9.99 Å². The monoisotopic (exact) mass is 250 g/mol. The Balaban J connectivity index is 2.11. The van der Waals surface area contributed by atoms with Crippen molar-refractivity contribution in [3.05, 3.63) is 17.8 Å². The number of carbonyl (C=O) groups excluding carboxylic acids is 1. The summed E-state index contributed by atoms with van der Waals surface area (Å²) in [6, 6.07) is 1.49. The second kappa shape index (κ2) is 5.19. The number of amides is 1. The second-order valence-corrected chi connectivity index (χ2v) is 4.42. The van der Waals surface area contributed by atoms with Gasteiger partial charge in [-0.2, -0.15) is 0 Å². The molecule has 0 bridgehead atoms. The summed E-state index contributed by atoms with van der Waals surface area (Å²) in [4.78, 5) is 17.6. The number of hydrogen-bond donors (Lipinski definition) is 3. The van der Waals surface area contributed by atoms with Gasteiger partial charge in [0.2, 0.25) is 0 Å². The fourth-order valence-corrected chi connectivity index (χ4v) is 1.85. The van der Waals surface area contributed by atoms with Crippen LogP contribution in [-0.2, 0) is 0 Å². The number of piperazine rings is 1. The quantitative estimate of drug-likeness (QED) is 0.658. The smallest absolute Gasteiger partial charge is 0.251 e. The molecule has 0 unspecified atom stereocenters. The number of nitrogens with two attached hydrogens (primary N) is 2. The first-order valence-electron chi connectivity index (χ1n) is 5.82. The molecule has 1 aliphatic rings. The van der Waals surface area contributed by atoms with Crippen LogP contribution in [0.25, 0.3) is 0 Å². The van der Waals surface area contributed by atoms with E-state index >= 15 is 0 Å². The summed E-state index contributed by atoms with van der Waals surface area (Å²) in [5.74, 6) is -0.228. The van der Waals surface area contributed by atoms with Crippen LogP contribution in [0.15, 0.2) is 12.3 Å². The number of nitrogens with one attached hydrogen (secondary N) is 1. The number of aromatic nitrogens is 1. The van der Waals surface area contributed by atoms with Crippen LogP contribution in [0.5, 0.6) is 0 Å². The zero-order valence-corrected chi connectivity index (χ0v) is 10.4. The van der Waals surface area contributed by atoms with E-state index in [2.05, 4.69) is 22.4 Å². The molecule has 7 heteroatoms. The number of rotatable bonds is 3. The molecular weight excluding hydrogens is 232 g/mol. The number of hydrazine groups is 1. The van der Waals surface area contributed by atoms with Crippen molar-refractivity contribution >= 4 is 17.4 Å². The summed E-state index contributed by atoms with van der Waals surface area (Å²) >= 11 is 0. The highest BCUT2D eigenvalue weighted by Crippen LogP contribution is 2.17. The van der Waals surface area contributed by atoms with Crippen molar-refractivity contribution in [2.75, 3.05) is 44.4 Å². The predicted octanol–water partition coefficient (Wildman–Crippen LogP) is -0.663. The molecule has 0 radical (unpaired) electrons. The number of pyridine rings is 1. The van der Waals surface area contributed by atoms with E-state index in [0.29, 0.717) is 11.3 Å². The number of hydrogen-bond acceptors (Lipinski definition) is 6. The van der Waals surface area contributed by atoms with Gasteiger partial charge < -0.3 is 21.8 Å². The average molecular weight is 250 g/mol. The Bertz CT molecular complexity index is 441. The van der Waals surface area contributed by atoms with E-state index in [4.69, 9.17) is 11.5 Å². The molecule has 98 valence electrons. The van der Waals surface area contributed by atoms with Crippen LogP contribution in [-0.4, -0.2) is 54.0 Å². The van der Waals surface area contributed by atoms with E-state index in [-0.39, 0.29) is 5.82 Å². The molecule has 1 amide bonds. The zero-order chi connectivity index (χ0) is 13.1. The molecule has 0 atom stereocenters. The highest BCUT2D eigenvalue weighted by atomic mass is 16.1. The largest absolute Gasteiger partial charge is 0.384 e. The van der Waals surface area contributed by atoms with Crippen LogP contribution >= 0.6 is 0 Å².